The maximum absolute atomic E-state index is 12.4. The van der Waals surface area contributed by atoms with Gasteiger partial charge in [0.25, 0.3) is 5.91 Å². The van der Waals surface area contributed by atoms with Crippen LogP contribution in [-0.4, -0.2) is 49.4 Å². The van der Waals surface area contributed by atoms with Gasteiger partial charge in [0.1, 0.15) is 0 Å². The lowest BCUT2D eigenvalue weighted by molar-refractivity contribution is -0.122. The van der Waals surface area contributed by atoms with Crippen LogP contribution >= 0.6 is 0 Å². The van der Waals surface area contributed by atoms with E-state index in [4.69, 9.17) is 0 Å². The van der Waals surface area contributed by atoms with Crippen molar-refractivity contribution >= 4 is 11.8 Å². The monoisotopic (exact) mass is 303 g/mol. The number of amides is 2. The van der Waals surface area contributed by atoms with Gasteiger partial charge in [-0.3, -0.25) is 14.5 Å². The van der Waals surface area contributed by atoms with Crippen molar-refractivity contribution < 1.29 is 9.59 Å². The van der Waals surface area contributed by atoms with E-state index in [1.807, 2.05) is 32.0 Å². The van der Waals surface area contributed by atoms with Crippen molar-refractivity contribution in [1.82, 2.24) is 15.5 Å². The normalized spacial score (nSPS) is 16.3. The van der Waals surface area contributed by atoms with Crippen molar-refractivity contribution in [1.29, 1.82) is 0 Å². The highest BCUT2D eigenvalue weighted by Gasteiger charge is 2.22. The number of likely N-dealkylation sites (N-methyl/N-ethyl adjacent to an activating group) is 1. The third kappa shape index (κ3) is 4.31. The molecule has 5 nitrogen and oxygen atoms in total. The number of carbonyl (C=O) groups is 2. The highest BCUT2D eigenvalue weighted by atomic mass is 16.2. The van der Waals surface area contributed by atoms with Crippen molar-refractivity contribution in [2.75, 3.05) is 26.7 Å². The van der Waals surface area contributed by atoms with Gasteiger partial charge < -0.3 is 10.6 Å². The van der Waals surface area contributed by atoms with Crippen molar-refractivity contribution in [3.05, 3.63) is 34.9 Å². The van der Waals surface area contributed by atoms with Crippen LogP contribution in [0.15, 0.2) is 18.2 Å². The number of nitrogens with zero attached hydrogens (tertiary/aromatic N) is 1. The zero-order chi connectivity index (χ0) is 16.1. The third-order valence-corrected chi connectivity index (χ3v) is 4.21. The number of hydrogen-bond donors (Lipinski definition) is 2. The van der Waals surface area contributed by atoms with Gasteiger partial charge in [0.05, 0.1) is 6.54 Å². The molecular formula is C17H25N3O2. The molecule has 1 aliphatic heterocycles. The summed E-state index contributed by atoms with van der Waals surface area (Å²) < 4.78 is 0. The molecule has 120 valence electrons. The van der Waals surface area contributed by atoms with Crippen LogP contribution in [0, 0.1) is 13.8 Å². The summed E-state index contributed by atoms with van der Waals surface area (Å²) in [4.78, 5) is 25.9. The van der Waals surface area contributed by atoms with Gasteiger partial charge in [0.15, 0.2) is 0 Å². The fraction of sp³-hybridized carbons (Fsp3) is 0.529. The minimum absolute atomic E-state index is 0.00551. The molecule has 0 unspecified atom stereocenters. The van der Waals surface area contributed by atoms with E-state index in [1.165, 1.54) is 0 Å². The first kappa shape index (κ1) is 16.5. The maximum atomic E-state index is 12.4. The molecule has 0 aliphatic carbocycles. The zero-order valence-electron chi connectivity index (χ0n) is 13.6. The second-order valence-electron chi connectivity index (χ2n) is 6.02. The number of hydrogen-bond acceptors (Lipinski definition) is 3. The molecule has 0 spiro atoms. The molecular weight excluding hydrogens is 278 g/mol. The van der Waals surface area contributed by atoms with Gasteiger partial charge in [-0.1, -0.05) is 17.7 Å². The molecule has 2 amide bonds. The number of likely N-dealkylation sites (tertiary alicyclic amines) is 1. The fourth-order valence-corrected chi connectivity index (χ4v) is 2.76. The molecule has 1 fully saturated rings. The number of rotatable bonds is 4. The molecule has 22 heavy (non-hydrogen) atoms. The van der Waals surface area contributed by atoms with Crippen LogP contribution in [-0.2, 0) is 4.79 Å². The Labute approximate surface area is 132 Å². The average Bonchev–Trinajstić information content (AvgIpc) is 2.51. The van der Waals surface area contributed by atoms with Gasteiger partial charge in [-0.25, -0.2) is 0 Å². The molecule has 1 aliphatic rings. The van der Waals surface area contributed by atoms with Gasteiger partial charge in [-0.2, -0.15) is 0 Å². The molecule has 0 bridgehead atoms. The summed E-state index contributed by atoms with van der Waals surface area (Å²) in [5, 5.41) is 5.76. The average molecular weight is 303 g/mol. The second kappa shape index (κ2) is 7.40. The molecule has 1 saturated heterocycles. The Bertz CT molecular complexity index is 549. The summed E-state index contributed by atoms with van der Waals surface area (Å²) in [7, 11) is 1.65. The smallest absolute Gasteiger partial charge is 0.251 e. The number of piperidine rings is 1. The molecule has 5 heteroatoms. The Morgan fingerprint density at radius 2 is 1.91 bits per heavy atom. The Kier molecular flexibility index (Phi) is 5.55. The maximum Gasteiger partial charge on any atom is 0.251 e. The van der Waals surface area contributed by atoms with Crippen LogP contribution in [0.25, 0.3) is 0 Å². The quantitative estimate of drug-likeness (QED) is 0.880. The van der Waals surface area contributed by atoms with E-state index in [-0.39, 0.29) is 17.9 Å². The minimum Gasteiger partial charge on any atom is -0.358 e. The van der Waals surface area contributed by atoms with Crippen LogP contribution in [0.4, 0.5) is 0 Å². The summed E-state index contributed by atoms with van der Waals surface area (Å²) in [6.07, 6.45) is 1.77. The van der Waals surface area contributed by atoms with Gasteiger partial charge in [0.2, 0.25) is 5.91 Å². The van der Waals surface area contributed by atoms with E-state index >= 15 is 0 Å². The third-order valence-electron chi connectivity index (χ3n) is 4.21. The molecule has 0 atom stereocenters. The number of nitrogens with one attached hydrogen (secondary N) is 2. The Balaban J connectivity index is 1.86. The van der Waals surface area contributed by atoms with Crippen LogP contribution in [0.1, 0.15) is 34.3 Å². The van der Waals surface area contributed by atoms with Gasteiger partial charge in [-0.15, -0.1) is 0 Å². The highest BCUT2D eigenvalue weighted by Crippen LogP contribution is 2.14. The second-order valence-corrected chi connectivity index (χ2v) is 6.02. The van der Waals surface area contributed by atoms with Gasteiger partial charge in [-0.05, 0) is 38.3 Å². The standard InChI is InChI=1S/C17H25N3O2/c1-12-4-5-13(2)15(10-12)17(22)19-14-6-8-20(9-7-14)11-16(21)18-3/h4-5,10,14H,6-9,11H2,1-3H3,(H,18,21)(H,19,22). The Morgan fingerprint density at radius 3 is 2.55 bits per heavy atom. The summed E-state index contributed by atoms with van der Waals surface area (Å²) in [5.74, 6) is 0.0452. The SMILES string of the molecule is CNC(=O)CN1CCC(NC(=O)c2cc(C)ccc2C)CC1. The Morgan fingerprint density at radius 1 is 1.23 bits per heavy atom. The number of benzene rings is 1. The van der Waals surface area contributed by atoms with Crippen molar-refractivity contribution in [2.24, 2.45) is 0 Å². The largest absolute Gasteiger partial charge is 0.358 e. The molecule has 0 saturated carbocycles. The van der Waals surface area contributed by atoms with Crippen LogP contribution in [0.5, 0.6) is 0 Å². The topological polar surface area (TPSA) is 61.4 Å². The molecule has 2 N–H and O–H groups in total. The van der Waals surface area contributed by atoms with E-state index in [0.29, 0.717) is 6.54 Å². The summed E-state index contributed by atoms with van der Waals surface area (Å²) in [6.45, 7) is 6.07. The van der Waals surface area contributed by atoms with E-state index < -0.39 is 0 Å². The summed E-state index contributed by atoms with van der Waals surface area (Å²) in [5.41, 5.74) is 2.85. The van der Waals surface area contributed by atoms with Crippen molar-refractivity contribution in [3.63, 3.8) is 0 Å². The van der Waals surface area contributed by atoms with Crippen LogP contribution in [0.2, 0.25) is 0 Å². The Hall–Kier alpha value is -1.88. The van der Waals surface area contributed by atoms with E-state index in [2.05, 4.69) is 15.5 Å². The van der Waals surface area contributed by atoms with Gasteiger partial charge >= 0.3 is 0 Å². The highest BCUT2D eigenvalue weighted by molar-refractivity contribution is 5.96. The molecule has 1 heterocycles. The lowest BCUT2D eigenvalue weighted by atomic mass is 10.0. The zero-order valence-corrected chi connectivity index (χ0v) is 13.6. The number of aryl methyl sites for hydroxylation is 2. The minimum atomic E-state index is 0.00551. The van der Waals surface area contributed by atoms with E-state index in [1.54, 1.807) is 7.05 Å². The van der Waals surface area contributed by atoms with Crippen molar-refractivity contribution in [3.8, 4) is 0 Å². The number of carbonyl (C=O) groups excluding carboxylic acids is 2. The fourth-order valence-electron chi connectivity index (χ4n) is 2.76. The molecule has 0 radical (unpaired) electrons. The predicted molar refractivity (Wildman–Crippen MR) is 86.9 cm³/mol. The molecule has 1 aromatic carbocycles. The first-order valence-electron chi connectivity index (χ1n) is 7.80. The lowest BCUT2D eigenvalue weighted by Crippen LogP contribution is -2.47. The molecule has 1 aromatic rings. The van der Waals surface area contributed by atoms with E-state index in [0.717, 1.165) is 42.6 Å². The van der Waals surface area contributed by atoms with Crippen molar-refractivity contribution in [2.45, 2.75) is 32.7 Å². The van der Waals surface area contributed by atoms with Gasteiger partial charge in [0, 0.05) is 31.7 Å². The van der Waals surface area contributed by atoms with E-state index in [9.17, 15) is 9.59 Å². The first-order chi connectivity index (χ1) is 10.5. The summed E-state index contributed by atoms with van der Waals surface area (Å²) >= 11 is 0. The van der Waals surface area contributed by atoms with Crippen LogP contribution in [0.3, 0.4) is 0 Å². The first-order valence-corrected chi connectivity index (χ1v) is 7.80. The predicted octanol–water partition coefficient (Wildman–Crippen LogP) is 1.24. The van der Waals surface area contributed by atoms with Crippen LogP contribution < -0.4 is 10.6 Å². The lowest BCUT2D eigenvalue weighted by Gasteiger charge is -2.31. The summed E-state index contributed by atoms with van der Waals surface area (Å²) in [6, 6.07) is 6.12. The molecule has 0 aromatic heterocycles. The molecule has 2 rings (SSSR count).